The van der Waals surface area contributed by atoms with Gasteiger partial charge in [0, 0.05) is 18.5 Å². The van der Waals surface area contributed by atoms with Crippen LogP contribution in [0, 0.1) is 24.1 Å². The summed E-state index contributed by atoms with van der Waals surface area (Å²) in [5, 5.41) is 34.1. The van der Waals surface area contributed by atoms with Crippen LogP contribution in [0.3, 0.4) is 0 Å². The highest BCUT2D eigenvalue weighted by Crippen LogP contribution is 2.09. The van der Waals surface area contributed by atoms with E-state index in [0.717, 1.165) is 16.7 Å². The Morgan fingerprint density at radius 3 is 1.81 bits per heavy atom. The highest BCUT2D eigenvalue weighted by molar-refractivity contribution is 5.68. The van der Waals surface area contributed by atoms with Crippen LogP contribution >= 0.6 is 0 Å². The van der Waals surface area contributed by atoms with Crippen molar-refractivity contribution >= 4 is 17.9 Å². The zero-order chi connectivity index (χ0) is 31.5. The normalized spacial score (nSPS) is 11.4. The number of carboxylic acid groups (broad SMARTS) is 3. The number of aryl methyl sites for hydroxylation is 2. The molecule has 9 nitrogen and oxygen atoms in total. The van der Waals surface area contributed by atoms with E-state index < -0.39 is 23.9 Å². The zero-order valence-electron chi connectivity index (χ0n) is 23.6. The van der Waals surface area contributed by atoms with Crippen molar-refractivity contribution in [2.24, 2.45) is 11.5 Å². The zero-order valence-corrected chi connectivity index (χ0v) is 23.6. The average Bonchev–Trinajstić information content (AvgIpc) is 2.88. The third kappa shape index (κ3) is 17.2. The van der Waals surface area contributed by atoms with Crippen LogP contribution in [-0.4, -0.2) is 45.3 Å². The summed E-state index contributed by atoms with van der Waals surface area (Å²) in [5.41, 5.74) is 15.9. The van der Waals surface area contributed by atoms with Gasteiger partial charge in [0.25, 0.3) is 0 Å². The molecule has 0 saturated carbocycles. The maximum atomic E-state index is 12.7. The topological polar surface area (TPSA) is 188 Å². The summed E-state index contributed by atoms with van der Waals surface area (Å²) >= 11 is 0. The molecule has 0 amide bonds. The van der Waals surface area contributed by atoms with E-state index in [4.69, 9.17) is 32.0 Å². The first-order valence-electron chi connectivity index (χ1n) is 13.3. The van der Waals surface area contributed by atoms with Gasteiger partial charge in [0.15, 0.2) is 0 Å². The minimum Gasteiger partial charge on any atom is -0.481 e. The van der Waals surface area contributed by atoms with Gasteiger partial charge in [0.05, 0.1) is 24.5 Å². The Bertz CT molecular complexity index is 1280. The molecular weight excluding hydrogens is 541 g/mol. The number of hydrogen-bond acceptors (Lipinski definition) is 6. The molecule has 42 heavy (non-hydrogen) atoms. The fourth-order valence-corrected chi connectivity index (χ4v) is 3.94. The summed E-state index contributed by atoms with van der Waals surface area (Å²) in [6, 6.07) is 22.5. The van der Waals surface area contributed by atoms with Gasteiger partial charge in [-0.25, -0.2) is 4.39 Å². The maximum Gasteiger partial charge on any atom is 0.304 e. The standard InChI is InChI=1S/C11H15NO2.C11H11NO2.C10H12FNO2/c1-8-3-2-4-9(5-8)6-10(12)7-11(13)14;12-8-10-5-1-3-9(7-10)4-2-6-11(13)14;11-8-3-1-2-7(4-8)5-9(12)6-10(13)14/h2-5,10H,6-7,12H2,1H3,(H,13,14);1,3,5,7H,2,4,6H2,(H,13,14);1-4,9H,5-6,12H2,(H,13,14)/t10-;;9-/m0.0/s1. The summed E-state index contributed by atoms with van der Waals surface area (Å²) in [7, 11) is 0. The predicted octanol–water partition coefficient (Wildman–Crippen LogP) is 4.48. The first-order valence-corrected chi connectivity index (χ1v) is 13.3. The number of nitrogens with two attached hydrogens (primary N) is 2. The molecule has 0 aliphatic heterocycles. The van der Waals surface area contributed by atoms with Gasteiger partial charge in [0.2, 0.25) is 0 Å². The molecular formula is C32H38FN3O6. The summed E-state index contributed by atoms with van der Waals surface area (Å²) in [4.78, 5) is 31.0. The van der Waals surface area contributed by atoms with Crippen molar-refractivity contribution < 1.29 is 34.1 Å². The second-order valence-corrected chi connectivity index (χ2v) is 9.80. The van der Waals surface area contributed by atoms with Crippen LogP contribution in [0.1, 0.15) is 53.5 Å². The molecule has 0 heterocycles. The number of benzene rings is 3. The second-order valence-electron chi connectivity index (χ2n) is 9.80. The van der Waals surface area contributed by atoms with E-state index >= 15 is 0 Å². The molecule has 7 N–H and O–H groups in total. The average molecular weight is 580 g/mol. The smallest absolute Gasteiger partial charge is 0.304 e. The largest absolute Gasteiger partial charge is 0.481 e. The minimum absolute atomic E-state index is 0.0218. The third-order valence-electron chi connectivity index (χ3n) is 5.75. The van der Waals surface area contributed by atoms with Crippen molar-refractivity contribution in [3.05, 3.63) is 106 Å². The van der Waals surface area contributed by atoms with Crippen molar-refractivity contribution in [1.82, 2.24) is 0 Å². The highest BCUT2D eigenvalue weighted by Gasteiger charge is 2.09. The van der Waals surface area contributed by atoms with E-state index in [-0.39, 0.29) is 31.1 Å². The first kappa shape index (κ1) is 35.4. The Morgan fingerprint density at radius 2 is 1.31 bits per heavy atom. The Balaban J connectivity index is 0.000000315. The van der Waals surface area contributed by atoms with E-state index in [9.17, 15) is 18.8 Å². The molecule has 3 rings (SSSR count). The van der Waals surface area contributed by atoms with Crippen LogP contribution in [0.15, 0.2) is 72.8 Å². The molecule has 0 bridgehead atoms. The Labute approximate surface area is 245 Å². The molecule has 0 aliphatic carbocycles. The summed E-state index contributed by atoms with van der Waals surface area (Å²) in [6.07, 6.45) is 2.42. The van der Waals surface area contributed by atoms with E-state index in [2.05, 4.69) is 6.07 Å². The van der Waals surface area contributed by atoms with Crippen molar-refractivity contribution in [3.63, 3.8) is 0 Å². The van der Waals surface area contributed by atoms with E-state index in [1.807, 2.05) is 43.3 Å². The number of nitrogens with zero attached hydrogens (tertiary/aromatic N) is 1. The van der Waals surface area contributed by atoms with E-state index in [1.165, 1.54) is 17.7 Å². The Morgan fingerprint density at radius 1 is 0.786 bits per heavy atom. The number of carbonyl (C=O) groups is 3. The monoisotopic (exact) mass is 579 g/mol. The Kier molecular flexibility index (Phi) is 16.4. The summed E-state index contributed by atoms with van der Waals surface area (Å²) in [5.74, 6) is -2.88. The fraction of sp³-hybridized carbons (Fsp3) is 0.312. The predicted molar refractivity (Wildman–Crippen MR) is 157 cm³/mol. The van der Waals surface area contributed by atoms with Crippen LogP contribution < -0.4 is 11.5 Å². The minimum atomic E-state index is -0.936. The second kappa shape index (κ2) is 19.5. The molecule has 0 aliphatic rings. The number of carboxylic acids is 3. The molecule has 0 spiro atoms. The lowest BCUT2D eigenvalue weighted by atomic mass is 10.0. The molecule has 0 unspecified atom stereocenters. The van der Waals surface area contributed by atoms with E-state index in [1.54, 1.807) is 24.3 Å². The maximum absolute atomic E-state index is 12.7. The van der Waals surface area contributed by atoms with Crippen molar-refractivity contribution in [2.45, 2.75) is 64.0 Å². The van der Waals surface area contributed by atoms with Crippen LogP contribution in [-0.2, 0) is 33.6 Å². The molecule has 2 atom stereocenters. The van der Waals surface area contributed by atoms with Gasteiger partial charge in [-0.15, -0.1) is 0 Å². The van der Waals surface area contributed by atoms with Crippen molar-refractivity contribution in [2.75, 3.05) is 0 Å². The first-order chi connectivity index (χ1) is 19.9. The molecule has 3 aromatic rings. The van der Waals surface area contributed by atoms with Crippen LogP contribution in [0.2, 0.25) is 0 Å². The molecule has 3 aromatic carbocycles. The quantitative estimate of drug-likeness (QED) is 0.206. The lowest BCUT2D eigenvalue weighted by Crippen LogP contribution is -2.26. The molecule has 0 fully saturated rings. The lowest BCUT2D eigenvalue weighted by molar-refractivity contribution is -0.138. The molecule has 0 saturated heterocycles. The van der Waals surface area contributed by atoms with Gasteiger partial charge >= 0.3 is 17.9 Å². The van der Waals surface area contributed by atoms with Crippen molar-refractivity contribution in [3.8, 4) is 6.07 Å². The van der Waals surface area contributed by atoms with Gasteiger partial charge in [-0.3, -0.25) is 14.4 Å². The number of hydrogen-bond donors (Lipinski definition) is 5. The van der Waals surface area contributed by atoms with Crippen LogP contribution in [0.5, 0.6) is 0 Å². The Hall–Kier alpha value is -4.59. The number of aliphatic carboxylic acids is 3. The SMILES string of the molecule is Cc1cccc(C[C@H](N)CC(=O)O)c1.N#Cc1cccc(CCCC(=O)O)c1.N[C@H](CC(=O)O)Cc1cccc(F)c1. The van der Waals surface area contributed by atoms with Gasteiger partial charge in [0.1, 0.15) is 5.82 Å². The van der Waals surface area contributed by atoms with Gasteiger partial charge in [-0.2, -0.15) is 5.26 Å². The van der Waals surface area contributed by atoms with Crippen LogP contribution in [0.4, 0.5) is 4.39 Å². The third-order valence-corrected chi connectivity index (χ3v) is 5.75. The van der Waals surface area contributed by atoms with Gasteiger partial charge < -0.3 is 26.8 Å². The lowest BCUT2D eigenvalue weighted by Gasteiger charge is -2.08. The van der Waals surface area contributed by atoms with Crippen molar-refractivity contribution in [1.29, 1.82) is 5.26 Å². The summed E-state index contributed by atoms with van der Waals surface area (Å²) < 4.78 is 12.7. The molecule has 224 valence electrons. The van der Waals surface area contributed by atoms with Crippen LogP contribution in [0.25, 0.3) is 0 Å². The van der Waals surface area contributed by atoms with Gasteiger partial charge in [-0.1, -0.05) is 54.1 Å². The number of rotatable bonds is 12. The van der Waals surface area contributed by atoms with Gasteiger partial charge in [-0.05, 0) is 73.6 Å². The number of halogens is 1. The molecule has 0 radical (unpaired) electrons. The highest BCUT2D eigenvalue weighted by atomic mass is 19.1. The molecule has 0 aromatic heterocycles. The summed E-state index contributed by atoms with van der Waals surface area (Å²) in [6.45, 7) is 2.01. The number of nitriles is 1. The molecule has 10 heteroatoms. The van der Waals surface area contributed by atoms with E-state index in [0.29, 0.717) is 31.2 Å². The fourth-order valence-electron chi connectivity index (χ4n) is 3.94.